The Labute approximate surface area is 185 Å². The number of fused-ring (bicyclic) bond motifs is 6. The molecule has 5 rings (SSSR count). The van der Waals surface area contributed by atoms with Gasteiger partial charge in [0, 0.05) is 29.2 Å². The number of methoxy groups -OCH3 is 2. The van der Waals surface area contributed by atoms with E-state index < -0.39 is 5.60 Å². The van der Waals surface area contributed by atoms with Crippen molar-refractivity contribution in [3.63, 3.8) is 0 Å². The van der Waals surface area contributed by atoms with Crippen molar-refractivity contribution in [1.29, 1.82) is 0 Å². The molecular formula is C22H20Br2O5. The second kappa shape index (κ2) is 6.91. The average molecular weight is 524 g/mol. The molecule has 2 atom stereocenters. The summed E-state index contributed by atoms with van der Waals surface area (Å²) in [5.74, 6) is 2.45. The molecule has 0 aromatic heterocycles. The number of ether oxygens (including phenoxy) is 4. The van der Waals surface area contributed by atoms with Crippen LogP contribution < -0.4 is 14.2 Å². The zero-order chi connectivity index (χ0) is 20.3. The summed E-state index contributed by atoms with van der Waals surface area (Å²) in [6.45, 7) is 0. The van der Waals surface area contributed by atoms with Crippen molar-refractivity contribution in [2.24, 2.45) is 11.8 Å². The fraction of sp³-hybridized carbons (Fsp3) is 0.409. The Kier molecular flexibility index (Phi) is 4.59. The first-order chi connectivity index (χ1) is 14.0. The molecule has 1 aliphatic carbocycles. The van der Waals surface area contributed by atoms with Gasteiger partial charge < -0.3 is 18.9 Å². The molecule has 0 radical (unpaired) electrons. The number of rotatable bonds is 2. The Bertz CT molecular complexity index is 959. The van der Waals surface area contributed by atoms with E-state index in [0.717, 1.165) is 45.8 Å². The SMILES string of the molecule is COc1cc2c(cc1Br)C1(OC(=O)C3CCCCC31)c1cc(Br)c(OC)cc1O2. The average Bonchev–Trinajstić information content (AvgIpc) is 3.02. The number of carbonyl (C=O) groups is 1. The van der Waals surface area contributed by atoms with E-state index in [2.05, 4.69) is 31.9 Å². The van der Waals surface area contributed by atoms with Crippen LogP contribution in [0.3, 0.4) is 0 Å². The van der Waals surface area contributed by atoms with Crippen molar-refractivity contribution >= 4 is 37.8 Å². The molecule has 1 saturated carbocycles. The molecule has 0 N–H and O–H groups in total. The highest BCUT2D eigenvalue weighted by Gasteiger charge is 2.61. The molecule has 7 heteroatoms. The normalized spacial score (nSPS) is 23.5. The van der Waals surface area contributed by atoms with Gasteiger partial charge in [-0.25, -0.2) is 0 Å². The predicted molar refractivity (Wildman–Crippen MR) is 114 cm³/mol. The van der Waals surface area contributed by atoms with E-state index in [1.165, 1.54) is 0 Å². The summed E-state index contributed by atoms with van der Waals surface area (Å²) < 4.78 is 25.1. The molecular weight excluding hydrogens is 504 g/mol. The smallest absolute Gasteiger partial charge is 0.310 e. The fourth-order valence-electron chi connectivity index (χ4n) is 5.11. The van der Waals surface area contributed by atoms with Gasteiger partial charge in [0.15, 0.2) is 5.60 Å². The topological polar surface area (TPSA) is 54.0 Å². The van der Waals surface area contributed by atoms with Crippen LogP contribution in [-0.4, -0.2) is 20.2 Å². The van der Waals surface area contributed by atoms with E-state index in [1.54, 1.807) is 14.2 Å². The maximum absolute atomic E-state index is 13.0. The van der Waals surface area contributed by atoms with Crippen LogP contribution in [0, 0.1) is 11.8 Å². The number of hydrogen-bond donors (Lipinski definition) is 0. The molecule has 1 saturated heterocycles. The van der Waals surface area contributed by atoms with E-state index in [9.17, 15) is 4.79 Å². The summed E-state index contributed by atoms with van der Waals surface area (Å²) in [7, 11) is 3.23. The van der Waals surface area contributed by atoms with Gasteiger partial charge in [-0.3, -0.25) is 4.79 Å². The van der Waals surface area contributed by atoms with Gasteiger partial charge in [-0.2, -0.15) is 0 Å². The van der Waals surface area contributed by atoms with Gasteiger partial charge in [0.2, 0.25) is 0 Å². The van der Waals surface area contributed by atoms with E-state index >= 15 is 0 Å². The second-order valence-electron chi connectivity index (χ2n) is 7.72. The molecule has 2 aliphatic heterocycles. The highest BCUT2D eigenvalue weighted by Crippen LogP contribution is 2.62. The third-order valence-electron chi connectivity index (χ3n) is 6.38. The van der Waals surface area contributed by atoms with Crippen molar-refractivity contribution in [1.82, 2.24) is 0 Å². The van der Waals surface area contributed by atoms with Gasteiger partial charge in [-0.15, -0.1) is 0 Å². The van der Waals surface area contributed by atoms with Crippen LogP contribution in [0.2, 0.25) is 0 Å². The van der Waals surface area contributed by atoms with Crippen LogP contribution in [0.4, 0.5) is 0 Å². The number of benzene rings is 2. The Balaban J connectivity index is 1.81. The molecule has 2 aromatic carbocycles. The third kappa shape index (κ3) is 2.66. The van der Waals surface area contributed by atoms with Crippen LogP contribution >= 0.6 is 31.9 Å². The first-order valence-corrected chi connectivity index (χ1v) is 11.2. The highest BCUT2D eigenvalue weighted by atomic mass is 79.9. The molecule has 29 heavy (non-hydrogen) atoms. The number of halogens is 2. The maximum Gasteiger partial charge on any atom is 0.310 e. The van der Waals surface area contributed by atoms with Crippen LogP contribution in [0.25, 0.3) is 0 Å². The molecule has 0 bridgehead atoms. The summed E-state index contributed by atoms with van der Waals surface area (Å²) in [5, 5.41) is 0. The molecule has 2 unspecified atom stereocenters. The van der Waals surface area contributed by atoms with Gasteiger partial charge in [-0.1, -0.05) is 12.8 Å². The largest absolute Gasteiger partial charge is 0.495 e. The van der Waals surface area contributed by atoms with Crippen LogP contribution in [0.1, 0.15) is 36.8 Å². The monoisotopic (exact) mass is 522 g/mol. The zero-order valence-electron chi connectivity index (χ0n) is 16.1. The lowest BCUT2D eigenvalue weighted by molar-refractivity contribution is -0.149. The van der Waals surface area contributed by atoms with Crippen molar-refractivity contribution in [3.8, 4) is 23.0 Å². The number of esters is 1. The van der Waals surface area contributed by atoms with Crippen molar-refractivity contribution in [2.75, 3.05) is 14.2 Å². The summed E-state index contributed by atoms with van der Waals surface area (Å²) in [5.41, 5.74) is 0.837. The minimum atomic E-state index is -0.880. The van der Waals surface area contributed by atoms with E-state index in [4.69, 9.17) is 18.9 Å². The number of hydrogen-bond acceptors (Lipinski definition) is 5. The van der Waals surface area contributed by atoms with E-state index in [-0.39, 0.29) is 17.8 Å². The zero-order valence-corrected chi connectivity index (χ0v) is 19.3. The first kappa shape index (κ1) is 19.2. The quantitative estimate of drug-likeness (QED) is 0.456. The van der Waals surface area contributed by atoms with Gasteiger partial charge in [0.05, 0.1) is 29.1 Å². The highest BCUT2D eigenvalue weighted by molar-refractivity contribution is 9.10. The predicted octanol–water partition coefficient (Wildman–Crippen LogP) is 5.94. The van der Waals surface area contributed by atoms with Gasteiger partial charge >= 0.3 is 5.97 Å². The van der Waals surface area contributed by atoms with E-state index in [0.29, 0.717) is 23.0 Å². The summed E-state index contributed by atoms with van der Waals surface area (Å²) in [6, 6.07) is 7.64. The summed E-state index contributed by atoms with van der Waals surface area (Å²) in [6.07, 6.45) is 3.94. The molecule has 2 aromatic rings. The summed E-state index contributed by atoms with van der Waals surface area (Å²) >= 11 is 7.19. The van der Waals surface area contributed by atoms with Crippen LogP contribution in [-0.2, 0) is 15.1 Å². The molecule has 152 valence electrons. The van der Waals surface area contributed by atoms with Crippen LogP contribution in [0.5, 0.6) is 23.0 Å². The Hall–Kier alpha value is -1.73. The van der Waals surface area contributed by atoms with Crippen molar-refractivity contribution in [2.45, 2.75) is 31.3 Å². The maximum atomic E-state index is 13.0. The third-order valence-corrected chi connectivity index (χ3v) is 7.62. The lowest BCUT2D eigenvalue weighted by Gasteiger charge is -2.41. The molecule has 5 nitrogen and oxygen atoms in total. The molecule has 0 amide bonds. The van der Waals surface area contributed by atoms with Crippen molar-refractivity contribution < 1.29 is 23.7 Å². The Morgan fingerprint density at radius 2 is 1.48 bits per heavy atom. The minimum Gasteiger partial charge on any atom is -0.495 e. The Morgan fingerprint density at radius 3 is 2.03 bits per heavy atom. The standard InChI is InChI=1S/C22H20Br2O5/c1-26-19-9-17-13(7-15(19)23)22(12-6-4-3-5-11(12)21(25)29-22)14-8-16(24)20(27-2)10-18(14)28-17/h7-12H,3-6H2,1-2H3. The van der Waals surface area contributed by atoms with Crippen LogP contribution in [0.15, 0.2) is 33.2 Å². The lowest BCUT2D eigenvalue weighted by Crippen LogP contribution is -2.39. The fourth-order valence-corrected chi connectivity index (χ4v) is 6.12. The van der Waals surface area contributed by atoms with Crippen molar-refractivity contribution in [3.05, 3.63) is 44.3 Å². The van der Waals surface area contributed by atoms with Gasteiger partial charge in [-0.05, 0) is 56.8 Å². The molecule has 3 aliphatic rings. The summed E-state index contributed by atoms with van der Waals surface area (Å²) in [4.78, 5) is 13.0. The molecule has 2 heterocycles. The van der Waals surface area contributed by atoms with E-state index in [1.807, 2.05) is 24.3 Å². The van der Waals surface area contributed by atoms with Gasteiger partial charge in [0.1, 0.15) is 23.0 Å². The molecule has 2 fully saturated rings. The Morgan fingerprint density at radius 1 is 0.931 bits per heavy atom. The first-order valence-electron chi connectivity index (χ1n) is 9.66. The molecule has 1 spiro atoms. The minimum absolute atomic E-state index is 0.0609. The number of carbonyl (C=O) groups excluding carboxylic acids is 1. The lowest BCUT2D eigenvalue weighted by atomic mass is 9.66. The van der Waals surface area contributed by atoms with Gasteiger partial charge in [0.25, 0.3) is 0 Å². The second-order valence-corrected chi connectivity index (χ2v) is 9.43.